The van der Waals surface area contributed by atoms with Gasteiger partial charge in [0.1, 0.15) is 0 Å². The number of hydrogen-bond donors (Lipinski definition) is 2. The summed E-state index contributed by atoms with van der Waals surface area (Å²) in [6.45, 7) is 1.01. The van der Waals surface area contributed by atoms with Gasteiger partial charge in [0.15, 0.2) is 0 Å². The molecule has 1 saturated carbocycles. The maximum absolute atomic E-state index is 10.9. The molecule has 1 aliphatic carbocycles. The van der Waals surface area contributed by atoms with Crippen LogP contribution >= 0.6 is 0 Å². The normalized spacial score (nSPS) is 40.8. The molecule has 3 unspecified atom stereocenters. The number of hydrogen-bond acceptors (Lipinski definition) is 2. The van der Waals surface area contributed by atoms with E-state index in [4.69, 9.17) is 5.11 Å². The Balaban J connectivity index is 2.13. The molecule has 68 valence electrons. The minimum Gasteiger partial charge on any atom is -0.481 e. The summed E-state index contributed by atoms with van der Waals surface area (Å²) in [5.41, 5.74) is 0. The molecule has 1 saturated heterocycles. The SMILES string of the molecule is O=C(O)C1C2CCCC1NCC2. The lowest BCUT2D eigenvalue weighted by Gasteiger charge is -2.40. The molecule has 0 spiro atoms. The third-order valence-corrected chi connectivity index (χ3v) is 3.24. The van der Waals surface area contributed by atoms with E-state index in [0.29, 0.717) is 5.92 Å². The highest BCUT2D eigenvalue weighted by Crippen LogP contribution is 2.35. The summed E-state index contributed by atoms with van der Waals surface area (Å²) < 4.78 is 0. The van der Waals surface area contributed by atoms with Crippen molar-refractivity contribution in [1.29, 1.82) is 0 Å². The average molecular weight is 169 g/mol. The van der Waals surface area contributed by atoms with Gasteiger partial charge < -0.3 is 10.4 Å². The molecule has 1 aliphatic heterocycles. The number of aliphatic carboxylic acids is 1. The van der Waals surface area contributed by atoms with Crippen molar-refractivity contribution in [2.45, 2.75) is 31.7 Å². The Bertz CT molecular complexity index is 171. The summed E-state index contributed by atoms with van der Waals surface area (Å²) in [6, 6.07) is 0.259. The van der Waals surface area contributed by atoms with E-state index >= 15 is 0 Å². The second kappa shape index (κ2) is 3.05. The minimum atomic E-state index is -0.600. The molecule has 2 N–H and O–H groups in total. The molecule has 12 heavy (non-hydrogen) atoms. The molecule has 0 radical (unpaired) electrons. The van der Waals surface area contributed by atoms with E-state index in [0.717, 1.165) is 25.8 Å². The lowest BCUT2D eigenvalue weighted by molar-refractivity contribution is -0.147. The van der Waals surface area contributed by atoms with E-state index in [1.54, 1.807) is 0 Å². The standard InChI is InChI=1S/C9H15NO2/c11-9(12)8-6-2-1-3-7(8)10-5-4-6/h6-8,10H,1-5H2,(H,11,12). The van der Waals surface area contributed by atoms with Crippen LogP contribution in [0.25, 0.3) is 0 Å². The molecule has 2 aliphatic rings. The van der Waals surface area contributed by atoms with Crippen LogP contribution in [0.4, 0.5) is 0 Å². The van der Waals surface area contributed by atoms with Crippen LogP contribution in [0, 0.1) is 11.8 Å². The van der Waals surface area contributed by atoms with E-state index < -0.39 is 5.97 Å². The van der Waals surface area contributed by atoms with Gasteiger partial charge in [-0.2, -0.15) is 0 Å². The zero-order chi connectivity index (χ0) is 8.55. The third-order valence-electron chi connectivity index (χ3n) is 3.24. The van der Waals surface area contributed by atoms with Gasteiger partial charge in [-0.15, -0.1) is 0 Å². The zero-order valence-electron chi connectivity index (χ0n) is 7.12. The molecule has 2 bridgehead atoms. The van der Waals surface area contributed by atoms with Gasteiger partial charge in [0.05, 0.1) is 5.92 Å². The Hall–Kier alpha value is -0.570. The predicted molar refractivity (Wildman–Crippen MR) is 44.9 cm³/mol. The summed E-state index contributed by atoms with van der Waals surface area (Å²) in [6.07, 6.45) is 4.42. The fraction of sp³-hybridized carbons (Fsp3) is 0.889. The van der Waals surface area contributed by atoms with Gasteiger partial charge in [-0.25, -0.2) is 0 Å². The van der Waals surface area contributed by atoms with Gasteiger partial charge in [0, 0.05) is 6.04 Å². The molecule has 3 heteroatoms. The number of carboxylic acids is 1. The van der Waals surface area contributed by atoms with E-state index in [-0.39, 0.29) is 12.0 Å². The summed E-state index contributed by atoms with van der Waals surface area (Å²) >= 11 is 0. The maximum Gasteiger partial charge on any atom is 0.308 e. The van der Waals surface area contributed by atoms with Crippen molar-refractivity contribution in [3.63, 3.8) is 0 Å². The van der Waals surface area contributed by atoms with Gasteiger partial charge >= 0.3 is 5.97 Å². The largest absolute Gasteiger partial charge is 0.481 e. The molecular formula is C9H15NO2. The molecule has 3 atom stereocenters. The zero-order valence-corrected chi connectivity index (χ0v) is 7.12. The molecule has 0 amide bonds. The fourth-order valence-corrected chi connectivity index (χ4v) is 2.67. The van der Waals surface area contributed by atoms with Crippen LogP contribution < -0.4 is 5.32 Å². The van der Waals surface area contributed by atoms with Crippen LogP contribution in [0.3, 0.4) is 0 Å². The van der Waals surface area contributed by atoms with Crippen molar-refractivity contribution < 1.29 is 9.90 Å². The van der Waals surface area contributed by atoms with Crippen molar-refractivity contribution in [3.8, 4) is 0 Å². The molecule has 2 rings (SSSR count). The molecular weight excluding hydrogens is 154 g/mol. The highest BCUT2D eigenvalue weighted by atomic mass is 16.4. The first kappa shape index (κ1) is 8.05. The minimum absolute atomic E-state index is 0.104. The Morgan fingerprint density at radius 3 is 2.75 bits per heavy atom. The van der Waals surface area contributed by atoms with E-state index in [9.17, 15) is 4.79 Å². The van der Waals surface area contributed by atoms with Gasteiger partial charge in [-0.1, -0.05) is 6.42 Å². The monoisotopic (exact) mass is 169 g/mol. The molecule has 0 aromatic carbocycles. The number of carbonyl (C=O) groups is 1. The fourth-order valence-electron chi connectivity index (χ4n) is 2.67. The predicted octanol–water partition coefficient (Wildman–Crippen LogP) is 0.849. The lowest BCUT2D eigenvalue weighted by atomic mass is 9.72. The van der Waals surface area contributed by atoms with Crippen LogP contribution in [0.5, 0.6) is 0 Å². The number of rotatable bonds is 1. The van der Waals surface area contributed by atoms with Crippen LogP contribution in [0.1, 0.15) is 25.7 Å². The summed E-state index contributed by atoms with van der Waals surface area (Å²) in [5, 5.41) is 12.3. The Labute approximate surface area is 72.2 Å². The van der Waals surface area contributed by atoms with Crippen LogP contribution in [0.15, 0.2) is 0 Å². The van der Waals surface area contributed by atoms with Crippen molar-refractivity contribution in [2.75, 3.05) is 6.54 Å². The van der Waals surface area contributed by atoms with Crippen molar-refractivity contribution >= 4 is 5.97 Å². The average Bonchev–Trinajstić information content (AvgIpc) is 2.02. The number of piperidine rings is 1. The maximum atomic E-state index is 10.9. The first-order valence-corrected chi connectivity index (χ1v) is 4.75. The topological polar surface area (TPSA) is 49.3 Å². The molecule has 3 nitrogen and oxygen atoms in total. The third kappa shape index (κ3) is 1.22. The number of fused-ring (bicyclic) bond motifs is 2. The number of nitrogens with one attached hydrogen (secondary N) is 1. The highest BCUT2D eigenvalue weighted by molar-refractivity contribution is 5.71. The van der Waals surface area contributed by atoms with E-state index in [1.807, 2.05) is 0 Å². The highest BCUT2D eigenvalue weighted by Gasteiger charge is 2.40. The van der Waals surface area contributed by atoms with E-state index in [1.165, 1.54) is 6.42 Å². The summed E-state index contributed by atoms with van der Waals surface area (Å²) in [5.74, 6) is -0.258. The molecule has 0 aromatic rings. The van der Waals surface area contributed by atoms with Crippen molar-refractivity contribution in [2.24, 2.45) is 11.8 Å². The second-order valence-electron chi connectivity index (χ2n) is 3.90. The van der Waals surface area contributed by atoms with Gasteiger partial charge in [0.25, 0.3) is 0 Å². The molecule has 1 heterocycles. The molecule has 0 aromatic heterocycles. The van der Waals surface area contributed by atoms with Crippen molar-refractivity contribution in [1.82, 2.24) is 5.32 Å². The second-order valence-corrected chi connectivity index (χ2v) is 3.90. The van der Waals surface area contributed by atoms with Gasteiger partial charge in [0.2, 0.25) is 0 Å². The smallest absolute Gasteiger partial charge is 0.308 e. The first-order valence-electron chi connectivity index (χ1n) is 4.75. The summed E-state index contributed by atoms with van der Waals surface area (Å²) in [4.78, 5) is 10.9. The van der Waals surface area contributed by atoms with E-state index in [2.05, 4.69) is 5.32 Å². The Kier molecular flexibility index (Phi) is 2.05. The van der Waals surface area contributed by atoms with Crippen molar-refractivity contribution in [3.05, 3.63) is 0 Å². The van der Waals surface area contributed by atoms with Gasteiger partial charge in [-0.3, -0.25) is 4.79 Å². The molecule has 2 fully saturated rings. The first-order chi connectivity index (χ1) is 5.79. The quantitative estimate of drug-likeness (QED) is 0.611. The van der Waals surface area contributed by atoms with Crippen LogP contribution in [-0.4, -0.2) is 23.7 Å². The lowest BCUT2D eigenvalue weighted by Crippen LogP contribution is -2.51. The summed E-state index contributed by atoms with van der Waals surface area (Å²) in [7, 11) is 0. The van der Waals surface area contributed by atoms with Crippen LogP contribution in [0.2, 0.25) is 0 Å². The Morgan fingerprint density at radius 2 is 2.17 bits per heavy atom. The van der Waals surface area contributed by atoms with Gasteiger partial charge in [-0.05, 0) is 31.7 Å². The number of carboxylic acid groups (broad SMARTS) is 1. The Morgan fingerprint density at radius 1 is 1.33 bits per heavy atom. The van der Waals surface area contributed by atoms with Crippen LogP contribution in [-0.2, 0) is 4.79 Å².